The second-order valence-electron chi connectivity index (χ2n) is 14.4. The number of benzene rings is 8. The van der Waals surface area contributed by atoms with E-state index in [0.717, 1.165) is 22.4 Å². The molecule has 0 radical (unpaired) electrons. The lowest BCUT2D eigenvalue weighted by Crippen LogP contribution is -1.97. The van der Waals surface area contributed by atoms with E-state index in [1.807, 2.05) is 0 Å². The van der Waals surface area contributed by atoms with Crippen molar-refractivity contribution in [3.63, 3.8) is 0 Å². The van der Waals surface area contributed by atoms with Crippen molar-refractivity contribution in [3.05, 3.63) is 218 Å². The molecule has 0 amide bonds. The fraction of sp³-hybridized carbons (Fsp3) is 0.0189. The molecule has 2 heteroatoms. The number of allylic oxidation sites excluding steroid dienone is 5. The van der Waals surface area contributed by atoms with E-state index < -0.39 is 0 Å². The van der Waals surface area contributed by atoms with Gasteiger partial charge in [-0.25, -0.2) is 0 Å². The minimum atomic E-state index is 0.961. The van der Waals surface area contributed by atoms with Crippen LogP contribution < -0.4 is 0 Å². The summed E-state index contributed by atoms with van der Waals surface area (Å²) < 4.78 is 4.76. The monoisotopic (exact) mass is 702 g/mol. The standard InChI is InChI=1S/C53H38N2/c1-36(38-14-5-3-6-15-38)32-45(33-37(2)39-16-7-4-8-17-39)55-52-29-26-43(35-49(52)48-27-24-41-19-10-12-22-47(41)53(48)55)42-25-28-50-44(34-42)30-31-54(50)51-23-13-20-40-18-9-11-21-46(40)51/h3-35H,1H2,2H3/b37-33+,45-32+. The first-order chi connectivity index (χ1) is 27.1. The van der Waals surface area contributed by atoms with Crippen LogP contribution in [0.2, 0.25) is 0 Å². The van der Waals surface area contributed by atoms with E-state index in [4.69, 9.17) is 0 Å². The summed E-state index contributed by atoms with van der Waals surface area (Å²) in [6.45, 7) is 6.77. The first-order valence-corrected chi connectivity index (χ1v) is 18.9. The molecule has 0 N–H and O–H groups in total. The van der Waals surface area contributed by atoms with Crippen molar-refractivity contribution >= 4 is 71.1 Å². The molecular weight excluding hydrogens is 665 g/mol. The van der Waals surface area contributed by atoms with E-state index in [0.29, 0.717) is 0 Å². The molecule has 0 aliphatic carbocycles. The van der Waals surface area contributed by atoms with Crippen LogP contribution in [0.4, 0.5) is 0 Å². The van der Waals surface area contributed by atoms with Crippen molar-refractivity contribution in [2.24, 2.45) is 0 Å². The third-order valence-electron chi connectivity index (χ3n) is 11.0. The number of aromatic nitrogens is 2. The van der Waals surface area contributed by atoms with Gasteiger partial charge in [0.25, 0.3) is 0 Å². The Balaban J connectivity index is 1.17. The molecule has 10 rings (SSSR count). The zero-order valence-electron chi connectivity index (χ0n) is 30.7. The summed E-state index contributed by atoms with van der Waals surface area (Å²) >= 11 is 0. The van der Waals surface area contributed by atoms with Gasteiger partial charge in [0.2, 0.25) is 0 Å². The molecule has 2 aromatic heterocycles. The zero-order chi connectivity index (χ0) is 36.9. The second-order valence-corrected chi connectivity index (χ2v) is 14.4. The lowest BCUT2D eigenvalue weighted by molar-refractivity contribution is 1.14. The summed E-state index contributed by atoms with van der Waals surface area (Å²) in [7, 11) is 0. The van der Waals surface area contributed by atoms with Crippen molar-refractivity contribution in [2.75, 3.05) is 0 Å². The highest BCUT2D eigenvalue weighted by atomic mass is 15.0. The van der Waals surface area contributed by atoms with Crippen LogP contribution in [0.1, 0.15) is 18.1 Å². The topological polar surface area (TPSA) is 9.86 Å². The lowest BCUT2D eigenvalue weighted by atomic mass is 10.0. The second kappa shape index (κ2) is 13.4. The van der Waals surface area contributed by atoms with E-state index in [-0.39, 0.29) is 0 Å². The Kier molecular flexibility index (Phi) is 7.89. The van der Waals surface area contributed by atoms with Gasteiger partial charge in [-0.05, 0) is 99.6 Å². The minimum Gasteiger partial charge on any atom is -0.316 e. The Morgan fingerprint density at radius 2 is 1.11 bits per heavy atom. The van der Waals surface area contributed by atoms with Crippen molar-refractivity contribution in [2.45, 2.75) is 6.92 Å². The predicted octanol–water partition coefficient (Wildman–Crippen LogP) is 14.4. The smallest absolute Gasteiger partial charge is 0.0619 e. The molecule has 10 aromatic rings. The van der Waals surface area contributed by atoms with Crippen molar-refractivity contribution in [1.29, 1.82) is 0 Å². The first-order valence-electron chi connectivity index (χ1n) is 18.9. The van der Waals surface area contributed by atoms with Gasteiger partial charge in [0.1, 0.15) is 0 Å². The fourth-order valence-corrected chi connectivity index (χ4v) is 8.27. The maximum Gasteiger partial charge on any atom is 0.0619 e. The summed E-state index contributed by atoms with van der Waals surface area (Å²) in [4.78, 5) is 0. The van der Waals surface area contributed by atoms with E-state index in [9.17, 15) is 0 Å². The fourth-order valence-electron chi connectivity index (χ4n) is 8.27. The number of nitrogens with zero attached hydrogens (tertiary/aromatic N) is 2. The van der Waals surface area contributed by atoms with Crippen LogP contribution in [-0.4, -0.2) is 9.13 Å². The van der Waals surface area contributed by atoms with Gasteiger partial charge in [0, 0.05) is 38.8 Å². The van der Waals surface area contributed by atoms with Gasteiger partial charge in [-0.2, -0.15) is 0 Å². The maximum atomic E-state index is 4.57. The first kappa shape index (κ1) is 32.5. The van der Waals surface area contributed by atoms with Crippen LogP contribution in [0.15, 0.2) is 207 Å². The van der Waals surface area contributed by atoms with E-state index in [2.05, 4.69) is 223 Å². The number of hydrogen-bond donors (Lipinski definition) is 0. The molecular formula is C53H38N2. The summed E-state index contributed by atoms with van der Waals surface area (Å²) in [6, 6.07) is 65.5. The number of hydrogen-bond acceptors (Lipinski definition) is 0. The molecule has 0 aliphatic heterocycles. The predicted molar refractivity (Wildman–Crippen MR) is 237 cm³/mol. The molecule has 0 bridgehead atoms. The van der Waals surface area contributed by atoms with Gasteiger partial charge in [-0.1, -0.05) is 152 Å². The Morgan fingerprint density at radius 3 is 1.89 bits per heavy atom. The third-order valence-corrected chi connectivity index (χ3v) is 11.0. The molecule has 0 spiro atoms. The highest BCUT2D eigenvalue weighted by Crippen LogP contribution is 2.40. The van der Waals surface area contributed by atoms with E-state index in [1.54, 1.807) is 0 Å². The van der Waals surface area contributed by atoms with Crippen LogP contribution in [0.25, 0.3) is 87.9 Å². The molecule has 0 fully saturated rings. The van der Waals surface area contributed by atoms with Crippen LogP contribution >= 0.6 is 0 Å². The van der Waals surface area contributed by atoms with Crippen molar-refractivity contribution < 1.29 is 0 Å². The van der Waals surface area contributed by atoms with E-state index >= 15 is 0 Å². The largest absolute Gasteiger partial charge is 0.316 e. The van der Waals surface area contributed by atoms with Gasteiger partial charge < -0.3 is 9.13 Å². The lowest BCUT2D eigenvalue weighted by Gasteiger charge is -2.14. The average molecular weight is 703 g/mol. The Hall–Kier alpha value is -7.16. The highest BCUT2D eigenvalue weighted by Gasteiger charge is 2.18. The van der Waals surface area contributed by atoms with Gasteiger partial charge in [-0.3, -0.25) is 0 Å². The van der Waals surface area contributed by atoms with Crippen LogP contribution in [-0.2, 0) is 0 Å². The summed E-state index contributed by atoms with van der Waals surface area (Å²) in [5, 5.41) is 8.57. The molecule has 2 nitrogen and oxygen atoms in total. The SMILES string of the molecule is C=C(/C=C(\C=C(/C)c1ccccc1)n1c2ccc(-c3ccc4c(ccn4-c4cccc5ccccc45)c3)cc2c2ccc3ccccc3c21)c1ccccc1. The van der Waals surface area contributed by atoms with Gasteiger partial charge in [0.05, 0.1) is 22.2 Å². The molecule has 0 saturated heterocycles. The Labute approximate surface area is 320 Å². The van der Waals surface area contributed by atoms with Gasteiger partial charge in [0.15, 0.2) is 0 Å². The molecule has 0 unspecified atom stereocenters. The highest BCUT2D eigenvalue weighted by molar-refractivity contribution is 6.20. The molecule has 2 heterocycles. The zero-order valence-corrected chi connectivity index (χ0v) is 30.7. The molecule has 8 aromatic carbocycles. The minimum absolute atomic E-state index is 0.961. The number of rotatable bonds is 7. The number of fused-ring (bicyclic) bond motifs is 7. The Morgan fingerprint density at radius 1 is 0.473 bits per heavy atom. The van der Waals surface area contributed by atoms with Crippen molar-refractivity contribution in [1.82, 2.24) is 9.13 Å². The van der Waals surface area contributed by atoms with E-state index in [1.165, 1.54) is 76.7 Å². The van der Waals surface area contributed by atoms with Crippen molar-refractivity contribution in [3.8, 4) is 16.8 Å². The molecule has 0 saturated carbocycles. The van der Waals surface area contributed by atoms with Crippen LogP contribution in [0.5, 0.6) is 0 Å². The molecule has 0 aliphatic rings. The van der Waals surface area contributed by atoms with Crippen LogP contribution in [0, 0.1) is 0 Å². The van der Waals surface area contributed by atoms with Gasteiger partial charge >= 0.3 is 0 Å². The third kappa shape index (κ3) is 5.67. The maximum absolute atomic E-state index is 4.57. The summed E-state index contributed by atoms with van der Waals surface area (Å²) in [6.07, 6.45) is 6.75. The van der Waals surface area contributed by atoms with Gasteiger partial charge in [-0.15, -0.1) is 0 Å². The molecule has 0 atom stereocenters. The average Bonchev–Trinajstić information content (AvgIpc) is 3.82. The van der Waals surface area contributed by atoms with Crippen LogP contribution in [0.3, 0.4) is 0 Å². The quantitative estimate of drug-likeness (QED) is 0.146. The summed E-state index contributed by atoms with van der Waals surface area (Å²) in [5.41, 5.74) is 12.6. The molecule has 55 heavy (non-hydrogen) atoms. The molecule has 260 valence electrons. The summed E-state index contributed by atoms with van der Waals surface area (Å²) in [5.74, 6) is 0. The normalized spacial score (nSPS) is 12.4. The Bertz CT molecular complexity index is 3150.